The van der Waals surface area contributed by atoms with Gasteiger partial charge in [0.2, 0.25) is 5.91 Å². The van der Waals surface area contributed by atoms with Crippen LogP contribution in [0.25, 0.3) is 0 Å². The number of nitrogens with zero attached hydrogens (tertiary/aromatic N) is 2. The molecule has 0 aliphatic carbocycles. The summed E-state index contributed by atoms with van der Waals surface area (Å²) in [6.07, 6.45) is 0. The first kappa shape index (κ1) is 18.5. The number of aryl methyl sites for hydroxylation is 2. The maximum Gasteiger partial charge on any atom is 0.241 e. The maximum absolute atomic E-state index is 12.6. The van der Waals surface area contributed by atoms with Gasteiger partial charge >= 0.3 is 0 Å². The van der Waals surface area contributed by atoms with Crippen LogP contribution in [0.15, 0.2) is 42.5 Å². The number of anilines is 2. The third kappa shape index (κ3) is 4.07. The standard InChI is InChI=1S/C22H29N3O/c1-16-8-10-20(11-9-16)23-22(26)19(4)24-12-14-25(15-13-24)21-7-5-6-17(2)18(21)3/h5-11,19H,12-15H2,1-4H3,(H,23,26)/t19-/m0/s1. The topological polar surface area (TPSA) is 35.6 Å². The van der Waals surface area contributed by atoms with Gasteiger partial charge in [0.25, 0.3) is 0 Å². The minimum atomic E-state index is -0.128. The molecule has 2 aromatic rings. The van der Waals surface area contributed by atoms with Crippen molar-refractivity contribution in [2.24, 2.45) is 0 Å². The van der Waals surface area contributed by atoms with E-state index in [9.17, 15) is 4.79 Å². The van der Waals surface area contributed by atoms with Crippen molar-refractivity contribution in [3.8, 4) is 0 Å². The summed E-state index contributed by atoms with van der Waals surface area (Å²) in [6, 6.07) is 14.3. The summed E-state index contributed by atoms with van der Waals surface area (Å²) in [5.41, 5.74) is 6.06. The quantitative estimate of drug-likeness (QED) is 0.911. The molecule has 1 fully saturated rings. The van der Waals surface area contributed by atoms with E-state index >= 15 is 0 Å². The van der Waals surface area contributed by atoms with Gasteiger partial charge in [-0.15, -0.1) is 0 Å². The molecule has 0 radical (unpaired) electrons. The van der Waals surface area contributed by atoms with Crippen molar-refractivity contribution in [2.45, 2.75) is 33.7 Å². The predicted molar refractivity (Wildman–Crippen MR) is 109 cm³/mol. The molecule has 4 nitrogen and oxygen atoms in total. The second-order valence-electron chi connectivity index (χ2n) is 7.27. The molecule has 1 saturated heterocycles. The molecule has 1 aliphatic heterocycles. The lowest BCUT2D eigenvalue weighted by Crippen LogP contribution is -2.53. The molecule has 0 spiro atoms. The molecular formula is C22H29N3O. The zero-order chi connectivity index (χ0) is 18.7. The number of rotatable bonds is 4. The molecule has 2 aromatic carbocycles. The molecular weight excluding hydrogens is 322 g/mol. The molecule has 1 N–H and O–H groups in total. The maximum atomic E-state index is 12.6. The first-order valence-electron chi connectivity index (χ1n) is 9.38. The third-order valence-electron chi connectivity index (χ3n) is 5.48. The van der Waals surface area contributed by atoms with Crippen molar-refractivity contribution in [3.63, 3.8) is 0 Å². The summed E-state index contributed by atoms with van der Waals surface area (Å²) in [5, 5.41) is 3.03. The monoisotopic (exact) mass is 351 g/mol. The van der Waals surface area contributed by atoms with Crippen LogP contribution < -0.4 is 10.2 Å². The van der Waals surface area contributed by atoms with E-state index in [0.717, 1.165) is 31.9 Å². The van der Waals surface area contributed by atoms with Gasteiger partial charge in [0, 0.05) is 37.6 Å². The van der Waals surface area contributed by atoms with Gasteiger partial charge in [-0.1, -0.05) is 29.8 Å². The van der Waals surface area contributed by atoms with Crippen LogP contribution in [0.4, 0.5) is 11.4 Å². The summed E-state index contributed by atoms with van der Waals surface area (Å²) in [6.45, 7) is 12.1. The first-order chi connectivity index (χ1) is 12.5. The average molecular weight is 351 g/mol. The van der Waals surface area contributed by atoms with E-state index in [0.29, 0.717) is 0 Å². The summed E-state index contributed by atoms with van der Waals surface area (Å²) < 4.78 is 0. The lowest BCUT2D eigenvalue weighted by molar-refractivity contribution is -0.120. The number of carbonyl (C=O) groups is 1. The smallest absolute Gasteiger partial charge is 0.241 e. The van der Waals surface area contributed by atoms with Gasteiger partial charge < -0.3 is 10.2 Å². The van der Waals surface area contributed by atoms with Crippen LogP contribution >= 0.6 is 0 Å². The summed E-state index contributed by atoms with van der Waals surface area (Å²) in [5.74, 6) is 0.0639. The van der Waals surface area contributed by atoms with Crippen molar-refractivity contribution < 1.29 is 4.79 Å². The Kier molecular flexibility index (Phi) is 5.62. The number of hydrogen-bond acceptors (Lipinski definition) is 3. The Balaban J connectivity index is 1.57. The molecule has 1 heterocycles. The summed E-state index contributed by atoms with van der Waals surface area (Å²) in [7, 11) is 0. The van der Waals surface area contributed by atoms with Crippen molar-refractivity contribution in [1.29, 1.82) is 0 Å². The van der Waals surface area contributed by atoms with Gasteiger partial charge in [-0.05, 0) is 57.0 Å². The lowest BCUT2D eigenvalue weighted by Gasteiger charge is -2.39. The van der Waals surface area contributed by atoms with Crippen LogP contribution in [0.1, 0.15) is 23.6 Å². The molecule has 0 aromatic heterocycles. The highest BCUT2D eigenvalue weighted by Gasteiger charge is 2.26. The number of nitrogens with one attached hydrogen (secondary N) is 1. The Labute approximate surface area is 156 Å². The van der Waals surface area contributed by atoms with Gasteiger partial charge in [-0.3, -0.25) is 9.69 Å². The normalized spacial score (nSPS) is 16.4. The molecule has 26 heavy (non-hydrogen) atoms. The van der Waals surface area contributed by atoms with Gasteiger partial charge in [0.1, 0.15) is 0 Å². The van der Waals surface area contributed by atoms with Crippen LogP contribution in [0.2, 0.25) is 0 Å². The summed E-state index contributed by atoms with van der Waals surface area (Å²) in [4.78, 5) is 17.3. The fourth-order valence-electron chi connectivity index (χ4n) is 3.48. The number of hydrogen-bond donors (Lipinski definition) is 1. The van der Waals surface area contributed by atoms with Crippen LogP contribution in [-0.2, 0) is 4.79 Å². The van der Waals surface area contributed by atoms with Gasteiger partial charge in [0.15, 0.2) is 0 Å². The molecule has 1 atom stereocenters. The van der Waals surface area contributed by atoms with Crippen molar-refractivity contribution in [1.82, 2.24) is 4.90 Å². The van der Waals surface area contributed by atoms with Gasteiger partial charge in [0.05, 0.1) is 6.04 Å². The largest absolute Gasteiger partial charge is 0.369 e. The Hall–Kier alpha value is -2.33. The summed E-state index contributed by atoms with van der Waals surface area (Å²) >= 11 is 0. The first-order valence-corrected chi connectivity index (χ1v) is 9.38. The van der Waals surface area contributed by atoms with E-state index in [1.807, 2.05) is 38.1 Å². The van der Waals surface area contributed by atoms with Crippen molar-refractivity contribution in [2.75, 3.05) is 36.4 Å². The average Bonchev–Trinajstić information content (AvgIpc) is 2.65. The number of benzene rings is 2. The molecule has 1 amide bonds. The van der Waals surface area contributed by atoms with E-state index in [1.165, 1.54) is 22.4 Å². The van der Waals surface area contributed by atoms with E-state index < -0.39 is 0 Å². The van der Waals surface area contributed by atoms with E-state index in [2.05, 4.69) is 47.2 Å². The van der Waals surface area contributed by atoms with Crippen LogP contribution in [0.5, 0.6) is 0 Å². The molecule has 3 rings (SSSR count). The SMILES string of the molecule is Cc1ccc(NC(=O)[C@H](C)N2CCN(c3cccc(C)c3C)CC2)cc1. The second kappa shape index (κ2) is 7.92. The van der Waals surface area contributed by atoms with E-state index in [1.54, 1.807) is 0 Å². The zero-order valence-corrected chi connectivity index (χ0v) is 16.2. The zero-order valence-electron chi connectivity index (χ0n) is 16.2. The molecule has 0 unspecified atom stereocenters. The second-order valence-corrected chi connectivity index (χ2v) is 7.27. The number of carbonyl (C=O) groups excluding carboxylic acids is 1. The Morgan fingerprint density at radius 3 is 2.27 bits per heavy atom. The Morgan fingerprint density at radius 1 is 0.962 bits per heavy atom. The van der Waals surface area contributed by atoms with E-state index in [-0.39, 0.29) is 11.9 Å². The highest BCUT2D eigenvalue weighted by atomic mass is 16.2. The molecule has 1 aliphatic rings. The minimum Gasteiger partial charge on any atom is -0.369 e. The Bertz CT molecular complexity index is 761. The molecule has 138 valence electrons. The van der Waals surface area contributed by atoms with Crippen LogP contribution in [0, 0.1) is 20.8 Å². The third-order valence-corrected chi connectivity index (χ3v) is 5.48. The van der Waals surface area contributed by atoms with Crippen LogP contribution in [-0.4, -0.2) is 43.0 Å². The number of amides is 1. The van der Waals surface area contributed by atoms with Crippen LogP contribution in [0.3, 0.4) is 0 Å². The molecule has 0 bridgehead atoms. The minimum absolute atomic E-state index is 0.0639. The van der Waals surface area contributed by atoms with Gasteiger partial charge in [-0.25, -0.2) is 0 Å². The molecule has 0 saturated carbocycles. The number of piperazine rings is 1. The fourth-order valence-corrected chi connectivity index (χ4v) is 3.48. The van der Waals surface area contributed by atoms with Crippen molar-refractivity contribution >= 4 is 17.3 Å². The Morgan fingerprint density at radius 2 is 1.62 bits per heavy atom. The van der Waals surface area contributed by atoms with Gasteiger partial charge in [-0.2, -0.15) is 0 Å². The highest BCUT2D eigenvalue weighted by molar-refractivity contribution is 5.94. The highest BCUT2D eigenvalue weighted by Crippen LogP contribution is 2.24. The fraction of sp³-hybridized carbons (Fsp3) is 0.409. The van der Waals surface area contributed by atoms with Crippen molar-refractivity contribution in [3.05, 3.63) is 59.2 Å². The van der Waals surface area contributed by atoms with E-state index in [4.69, 9.17) is 0 Å². The lowest BCUT2D eigenvalue weighted by atomic mass is 10.1. The predicted octanol–water partition coefficient (Wildman–Crippen LogP) is 3.76. The molecule has 4 heteroatoms.